The summed E-state index contributed by atoms with van der Waals surface area (Å²) in [5.74, 6) is 0.461. The van der Waals surface area contributed by atoms with Crippen LogP contribution in [0.4, 0.5) is 4.79 Å². The predicted molar refractivity (Wildman–Crippen MR) is 70.1 cm³/mol. The lowest BCUT2D eigenvalue weighted by Gasteiger charge is -2.22. The zero-order valence-corrected chi connectivity index (χ0v) is 12.2. The van der Waals surface area contributed by atoms with E-state index in [2.05, 4.69) is 0 Å². The lowest BCUT2D eigenvalue weighted by atomic mass is 10.1. The maximum atomic E-state index is 11.7. The molecule has 0 N–H and O–H groups in total. The molecule has 1 aliphatic rings. The first-order chi connectivity index (χ1) is 8.33. The van der Waals surface area contributed by atoms with E-state index < -0.39 is 11.7 Å². The van der Waals surface area contributed by atoms with Crippen LogP contribution in [0.2, 0.25) is 0 Å². The monoisotopic (exact) mass is 275 g/mol. The Morgan fingerprint density at radius 1 is 1.56 bits per heavy atom. The molecular weight excluding hydrogens is 254 g/mol. The Morgan fingerprint density at radius 3 is 2.78 bits per heavy atom. The maximum absolute atomic E-state index is 11.7. The molecule has 0 unspecified atom stereocenters. The third-order valence-corrected chi connectivity index (χ3v) is 3.11. The molecule has 0 saturated carbocycles. The van der Waals surface area contributed by atoms with Crippen LogP contribution in [0.1, 0.15) is 33.6 Å². The van der Waals surface area contributed by atoms with Gasteiger partial charge in [-0.2, -0.15) is 11.8 Å². The number of hydrogen-bond acceptors (Lipinski definition) is 5. The summed E-state index contributed by atoms with van der Waals surface area (Å²) in [7, 11) is 0. The quantitative estimate of drug-likeness (QED) is 0.738. The van der Waals surface area contributed by atoms with Crippen molar-refractivity contribution in [1.82, 2.24) is 5.06 Å². The molecule has 0 aromatic heterocycles. The van der Waals surface area contributed by atoms with Gasteiger partial charge >= 0.3 is 12.1 Å². The molecule has 1 fully saturated rings. The van der Waals surface area contributed by atoms with Gasteiger partial charge in [-0.3, -0.25) is 0 Å². The summed E-state index contributed by atoms with van der Waals surface area (Å²) in [5.41, 5.74) is -0.583. The van der Waals surface area contributed by atoms with Gasteiger partial charge in [0.2, 0.25) is 0 Å². The molecule has 1 rings (SSSR count). The van der Waals surface area contributed by atoms with Gasteiger partial charge in [-0.1, -0.05) is 0 Å². The van der Waals surface area contributed by atoms with E-state index in [0.717, 1.165) is 23.7 Å². The van der Waals surface area contributed by atoms with E-state index in [0.29, 0.717) is 6.54 Å². The van der Waals surface area contributed by atoms with Gasteiger partial charge < -0.3 is 9.57 Å². The molecule has 1 heterocycles. The van der Waals surface area contributed by atoms with Crippen LogP contribution in [-0.2, 0) is 14.4 Å². The van der Waals surface area contributed by atoms with Crippen molar-refractivity contribution in [2.45, 2.75) is 39.2 Å². The van der Waals surface area contributed by atoms with Gasteiger partial charge in [-0.25, -0.2) is 9.59 Å². The van der Waals surface area contributed by atoms with Gasteiger partial charge in [0.15, 0.2) is 0 Å². The summed E-state index contributed by atoms with van der Waals surface area (Å²) in [4.78, 5) is 28.2. The van der Waals surface area contributed by atoms with E-state index in [-0.39, 0.29) is 11.9 Å². The van der Waals surface area contributed by atoms with Gasteiger partial charge in [0.1, 0.15) is 5.60 Å². The van der Waals surface area contributed by atoms with Crippen LogP contribution in [0.3, 0.4) is 0 Å². The molecule has 0 bridgehead atoms. The van der Waals surface area contributed by atoms with Crippen LogP contribution >= 0.6 is 11.8 Å². The number of carbonyl (C=O) groups is 2. The highest BCUT2D eigenvalue weighted by Gasteiger charge is 2.37. The summed E-state index contributed by atoms with van der Waals surface area (Å²) >= 11 is 1.74. The number of amides is 1. The third-order valence-electron chi connectivity index (χ3n) is 2.42. The van der Waals surface area contributed by atoms with E-state index in [1.807, 2.05) is 6.26 Å². The topological polar surface area (TPSA) is 55.8 Å². The fourth-order valence-corrected chi connectivity index (χ4v) is 2.06. The van der Waals surface area contributed by atoms with Gasteiger partial charge in [-0.05, 0) is 45.6 Å². The minimum Gasteiger partial charge on any atom is -0.442 e. The average molecular weight is 275 g/mol. The fourth-order valence-electron chi connectivity index (χ4n) is 1.60. The van der Waals surface area contributed by atoms with Crippen molar-refractivity contribution in [3.63, 3.8) is 0 Å². The van der Waals surface area contributed by atoms with E-state index in [9.17, 15) is 9.59 Å². The summed E-state index contributed by atoms with van der Waals surface area (Å²) in [5, 5.41) is 1.03. The summed E-state index contributed by atoms with van der Waals surface area (Å²) < 4.78 is 5.15. The molecule has 6 heteroatoms. The van der Waals surface area contributed by atoms with Gasteiger partial charge in [0.25, 0.3) is 0 Å². The molecule has 0 spiro atoms. The second-order valence-corrected chi connectivity index (χ2v) is 6.27. The van der Waals surface area contributed by atoms with Crippen molar-refractivity contribution < 1.29 is 19.2 Å². The molecular formula is C12H21NO4S. The molecule has 1 aliphatic heterocycles. The van der Waals surface area contributed by atoms with Crippen molar-refractivity contribution in [2.75, 3.05) is 18.6 Å². The zero-order chi connectivity index (χ0) is 13.8. The SMILES string of the molecule is CSCCC[C@@H]1CN(C(=O)OC(C)(C)C)OC1=O. The van der Waals surface area contributed by atoms with Gasteiger partial charge in [-0.15, -0.1) is 5.06 Å². The Balaban J connectivity index is 2.43. The molecule has 0 aromatic carbocycles. The molecule has 1 saturated heterocycles. The third kappa shape index (κ3) is 4.76. The predicted octanol–water partition coefficient (Wildman–Crippen LogP) is 2.45. The second-order valence-electron chi connectivity index (χ2n) is 5.28. The van der Waals surface area contributed by atoms with E-state index in [4.69, 9.17) is 9.57 Å². The average Bonchev–Trinajstić information content (AvgIpc) is 2.58. The smallest absolute Gasteiger partial charge is 0.442 e. The van der Waals surface area contributed by atoms with Crippen molar-refractivity contribution in [1.29, 1.82) is 0 Å². The van der Waals surface area contributed by atoms with Crippen molar-refractivity contribution in [2.24, 2.45) is 5.92 Å². The van der Waals surface area contributed by atoms with Crippen LogP contribution < -0.4 is 0 Å². The summed E-state index contributed by atoms with van der Waals surface area (Å²) in [6, 6.07) is 0. The van der Waals surface area contributed by atoms with Crippen LogP contribution in [0.15, 0.2) is 0 Å². The number of thioether (sulfide) groups is 1. The van der Waals surface area contributed by atoms with Crippen LogP contribution in [-0.4, -0.2) is 41.3 Å². The molecule has 1 amide bonds. The number of ether oxygens (including phenoxy) is 1. The van der Waals surface area contributed by atoms with Crippen LogP contribution in [0.25, 0.3) is 0 Å². The number of nitrogens with zero attached hydrogens (tertiary/aromatic N) is 1. The minimum atomic E-state index is -0.594. The highest BCUT2D eigenvalue weighted by molar-refractivity contribution is 7.98. The van der Waals surface area contributed by atoms with Crippen molar-refractivity contribution >= 4 is 23.8 Å². The van der Waals surface area contributed by atoms with E-state index in [1.54, 1.807) is 32.5 Å². The highest BCUT2D eigenvalue weighted by Crippen LogP contribution is 2.22. The second kappa shape index (κ2) is 6.31. The van der Waals surface area contributed by atoms with Gasteiger partial charge in [0.05, 0.1) is 12.5 Å². The van der Waals surface area contributed by atoms with Gasteiger partial charge in [0, 0.05) is 0 Å². The fraction of sp³-hybridized carbons (Fsp3) is 0.833. The standard InChI is InChI=1S/C12H21NO4S/c1-12(2,3)16-11(15)13-8-9(10(14)17-13)6-5-7-18-4/h9H,5-8H2,1-4H3/t9-/m1/s1. The van der Waals surface area contributed by atoms with E-state index >= 15 is 0 Å². The van der Waals surface area contributed by atoms with Crippen molar-refractivity contribution in [3.8, 4) is 0 Å². The lowest BCUT2D eigenvalue weighted by Crippen LogP contribution is -2.34. The molecule has 5 nitrogen and oxygen atoms in total. The Labute approximate surface area is 112 Å². The molecule has 0 aliphatic carbocycles. The number of rotatable bonds is 4. The Hall–Kier alpha value is -0.910. The van der Waals surface area contributed by atoms with Crippen LogP contribution in [0, 0.1) is 5.92 Å². The minimum absolute atomic E-state index is 0.218. The maximum Gasteiger partial charge on any atom is 0.443 e. The zero-order valence-electron chi connectivity index (χ0n) is 11.4. The van der Waals surface area contributed by atoms with Crippen LogP contribution in [0.5, 0.6) is 0 Å². The Morgan fingerprint density at radius 2 is 2.22 bits per heavy atom. The number of hydroxylamine groups is 2. The highest BCUT2D eigenvalue weighted by atomic mass is 32.2. The molecule has 18 heavy (non-hydrogen) atoms. The summed E-state index contributed by atoms with van der Waals surface area (Å²) in [6.07, 6.45) is 3.13. The largest absolute Gasteiger partial charge is 0.443 e. The lowest BCUT2D eigenvalue weighted by molar-refractivity contribution is -0.167. The Kier molecular flexibility index (Phi) is 5.31. The summed E-state index contributed by atoms with van der Waals surface area (Å²) in [6.45, 7) is 5.62. The number of hydrogen-bond donors (Lipinski definition) is 0. The molecule has 0 aromatic rings. The molecule has 1 atom stereocenters. The molecule has 0 radical (unpaired) electrons. The van der Waals surface area contributed by atoms with E-state index in [1.165, 1.54) is 0 Å². The first kappa shape index (κ1) is 15.1. The Bertz CT molecular complexity index is 314. The number of carbonyl (C=O) groups excluding carboxylic acids is 2. The first-order valence-electron chi connectivity index (χ1n) is 6.05. The first-order valence-corrected chi connectivity index (χ1v) is 7.44. The molecule has 104 valence electrons. The van der Waals surface area contributed by atoms with Crippen molar-refractivity contribution in [3.05, 3.63) is 0 Å². The normalized spacial score (nSPS) is 19.9.